The summed E-state index contributed by atoms with van der Waals surface area (Å²) in [6.45, 7) is 6.28. The molecule has 1 heterocycles. The van der Waals surface area contributed by atoms with Crippen molar-refractivity contribution in [3.8, 4) is 0 Å². The van der Waals surface area contributed by atoms with Crippen molar-refractivity contribution in [3.05, 3.63) is 58.3 Å². The summed E-state index contributed by atoms with van der Waals surface area (Å²) in [7, 11) is 0. The molecule has 2 aliphatic rings. The summed E-state index contributed by atoms with van der Waals surface area (Å²) in [5, 5.41) is 9.80. The molecule has 0 amide bonds. The molecule has 1 unspecified atom stereocenters. The number of hydrogen-bond acceptors (Lipinski definition) is 4. The van der Waals surface area contributed by atoms with Gasteiger partial charge in [0.1, 0.15) is 11.6 Å². The van der Waals surface area contributed by atoms with Gasteiger partial charge in [0.05, 0.1) is 11.5 Å². The van der Waals surface area contributed by atoms with Gasteiger partial charge in [0.15, 0.2) is 5.78 Å². The molecule has 1 atom stereocenters. The fourth-order valence-electron chi connectivity index (χ4n) is 4.07. The van der Waals surface area contributed by atoms with Crippen LogP contribution in [-0.4, -0.2) is 28.3 Å². The smallest absolute Gasteiger partial charge is 0.336 e. The van der Waals surface area contributed by atoms with E-state index in [2.05, 4.69) is 0 Å². The highest BCUT2D eigenvalue weighted by molar-refractivity contribution is 6.03. The van der Waals surface area contributed by atoms with Crippen LogP contribution in [-0.2, 0) is 9.59 Å². The van der Waals surface area contributed by atoms with Gasteiger partial charge in [-0.3, -0.25) is 4.79 Å². The molecule has 0 saturated carbocycles. The highest BCUT2D eigenvalue weighted by Crippen LogP contribution is 2.49. The zero-order valence-corrected chi connectivity index (χ0v) is 15.2. The van der Waals surface area contributed by atoms with Crippen LogP contribution in [0.25, 0.3) is 0 Å². The number of allylic oxidation sites excluding steroid dienone is 2. The van der Waals surface area contributed by atoms with E-state index in [-0.39, 0.29) is 28.2 Å². The Morgan fingerprint density at radius 2 is 2.00 bits per heavy atom. The van der Waals surface area contributed by atoms with Crippen molar-refractivity contribution in [2.45, 2.75) is 39.5 Å². The minimum atomic E-state index is -1.24. The molecule has 0 fully saturated rings. The molecule has 1 aliphatic carbocycles. The number of carboxylic acids is 1. The standard InChI is InChI=1S/C20H23FN2O3/c1-4-23-13-9-20(2,3)10-14(24)16(13)15(17(18(23)22)19(25)26)11-7-5-6-8-12(11)21/h5-8,15H,4,9-10,22H2,1-3H3,(H,25,26). The maximum absolute atomic E-state index is 14.6. The van der Waals surface area contributed by atoms with Crippen LogP contribution in [0.4, 0.5) is 4.39 Å². The number of carboxylic acid groups (broad SMARTS) is 1. The molecule has 6 heteroatoms. The van der Waals surface area contributed by atoms with Crippen molar-refractivity contribution in [2.24, 2.45) is 11.1 Å². The predicted molar refractivity (Wildman–Crippen MR) is 95.4 cm³/mol. The van der Waals surface area contributed by atoms with Crippen LogP contribution in [0.2, 0.25) is 0 Å². The van der Waals surface area contributed by atoms with Crippen molar-refractivity contribution in [1.29, 1.82) is 0 Å². The van der Waals surface area contributed by atoms with E-state index in [0.717, 1.165) is 0 Å². The molecule has 0 saturated heterocycles. The summed E-state index contributed by atoms with van der Waals surface area (Å²) in [4.78, 5) is 26.7. The molecule has 0 bridgehead atoms. The lowest BCUT2D eigenvalue weighted by Crippen LogP contribution is -2.43. The Morgan fingerprint density at radius 1 is 1.35 bits per heavy atom. The zero-order valence-electron chi connectivity index (χ0n) is 15.2. The van der Waals surface area contributed by atoms with Crippen molar-refractivity contribution in [1.82, 2.24) is 4.90 Å². The van der Waals surface area contributed by atoms with Crippen LogP contribution in [0.5, 0.6) is 0 Å². The van der Waals surface area contributed by atoms with Crippen LogP contribution in [0.15, 0.2) is 46.9 Å². The SMILES string of the molecule is CCN1C(N)=C(C(=O)O)C(c2ccccc2F)C2=C1CC(C)(C)CC2=O. The highest BCUT2D eigenvalue weighted by atomic mass is 19.1. The number of nitrogens with zero attached hydrogens (tertiary/aromatic N) is 1. The largest absolute Gasteiger partial charge is 0.478 e. The van der Waals surface area contributed by atoms with Crippen LogP contribution >= 0.6 is 0 Å². The van der Waals surface area contributed by atoms with Crippen molar-refractivity contribution < 1.29 is 19.1 Å². The lowest BCUT2D eigenvalue weighted by Gasteiger charge is -2.43. The predicted octanol–water partition coefficient (Wildman–Crippen LogP) is 3.14. The van der Waals surface area contributed by atoms with E-state index < -0.39 is 17.7 Å². The number of nitrogens with two attached hydrogens (primary N) is 1. The molecule has 3 N–H and O–H groups in total. The fourth-order valence-corrected chi connectivity index (χ4v) is 4.07. The molecule has 5 nitrogen and oxygen atoms in total. The second-order valence-electron chi connectivity index (χ2n) is 7.60. The molecule has 1 aliphatic heterocycles. The number of ketones is 1. The Balaban J connectivity index is 2.32. The molecule has 138 valence electrons. The Kier molecular flexibility index (Phi) is 4.38. The number of halogens is 1. The second kappa shape index (κ2) is 6.27. The van der Waals surface area contributed by atoms with E-state index in [0.29, 0.717) is 30.7 Å². The van der Waals surface area contributed by atoms with Crippen molar-refractivity contribution in [2.75, 3.05) is 6.54 Å². The number of hydrogen-bond donors (Lipinski definition) is 2. The molecule has 26 heavy (non-hydrogen) atoms. The van der Waals surface area contributed by atoms with Crippen LogP contribution in [0.1, 0.15) is 45.1 Å². The molecular formula is C20H23FN2O3. The first-order chi connectivity index (χ1) is 12.2. The van der Waals surface area contributed by atoms with E-state index in [4.69, 9.17) is 5.73 Å². The molecule has 1 aromatic carbocycles. The van der Waals surface area contributed by atoms with Gasteiger partial charge >= 0.3 is 5.97 Å². The first kappa shape index (κ1) is 18.2. The Hall–Kier alpha value is -2.63. The zero-order chi connectivity index (χ0) is 19.2. The lowest BCUT2D eigenvalue weighted by molar-refractivity contribution is -0.133. The number of Topliss-reactive ketones (excluding diaryl/α,β-unsaturated/α-hetero) is 1. The first-order valence-corrected chi connectivity index (χ1v) is 8.69. The summed E-state index contributed by atoms with van der Waals surface area (Å²) >= 11 is 0. The minimum Gasteiger partial charge on any atom is -0.478 e. The Bertz CT molecular complexity index is 854. The van der Waals surface area contributed by atoms with Crippen LogP contribution in [0.3, 0.4) is 0 Å². The van der Waals surface area contributed by atoms with Crippen molar-refractivity contribution in [3.63, 3.8) is 0 Å². The van der Waals surface area contributed by atoms with E-state index in [1.54, 1.807) is 11.0 Å². The van der Waals surface area contributed by atoms with Gasteiger partial charge in [-0.25, -0.2) is 9.18 Å². The van der Waals surface area contributed by atoms with E-state index in [1.165, 1.54) is 18.2 Å². The average molecular weight is 358 g/mol. The molecule has 0 radical (unpaired) electrons. The summed E-state index contributed by atoms with van der Waals surface area (Å²) in [6, 6.07) is 5.97. The summed E-state index contributed by atoms with van der Waals surface area (Å²) in [5.41, 5.74) is 7.06. The number of carbonyl (C=O) groups is 2. The second-order valence-corrected chi connectivity index (χ2v) is 7.60. The topological polar surface area (TPSA) is 83.6 Å². The number of aliphatic carboxylic acids is 1. The quantitative estimate of drug-likeness (QED) is 0.867. The van der Waals surface area contributed by atoms with Crippen molar-refractivity contribution >= 4 is 11.8 Å². The molecule has 0 aromatic heterocycles. The third kappa shape index (κ3) is 2.79. The number of rotatable bonds is 3. The molecule has 1 aromatic rings. The molecule has 0 spiro atoms. The Labute approximate surface area is 152 Å². The third-order valence-electron chi connectivity index (χ3n) is 5.13. The summed E-state index contributed by atoms with van der Waals surface area (Å²) < 4.78 is 14.6. The normalized spacial score (nSPS) is 22.5. The van der Waals surface area contributed by atoms with E-state index in [9.17, 15) is 19.1 Å². The maximum Gasteiger partial charge on any atom is 0.336 e. The van der Waals surface area contributed by atoms with Gasteiger partial charge in [0, 0.05) is 29.8 Å². The number of benzene rings is 1. The average Bonchev–Trinajstić information content (AvgIpc) is 2.53. The molecular weight excluding hydrogens is 335 g/mol. The van der Waals surface area contributed by atoms with Gasteiger partial charge in [-0.15, -0.1) is 0 Å². The Morgan fingerprint density at radius 3 is 2.58 bits per heavy atom. The van der Waals surface area contributed by atoms with Gasteiger partial charge < -0.3 is 15.7 Å². The molecule has 3 rings (SSSR count). The van der Waals surface area contributed by atoms with Gasteiger partial charge in [-0.2, -0.15) is 0 Å². The van der Waals surface area contributed by atoms with Gasteiger partial charge in [0.2, 0.25) is 0 Å². The first-order valence-electron chi connectivity index (χ1n) is 8.69. The monoisotopic (exact) mass is 358 g/mol. The van der Waals surface area contributed by atoms with E-state index >= 15 is 0 Å². The minimum absolute atomic E-state index is 0.0810. The lowest BCUT2D eigenvalue weighted by atomic mass is 9.68. The maximum atomic E-state index is 14.6. The van der Waals surface area contributed by atoms with Gasteiger partial charge in [0.25, 0.3) is 0 Å². The highest BCUT2D eigenvalue weighted by Gasteiger charge is 2.46. The van der Waals surface area contributed by atoms with Crippen LogP contribution in [0, 0.1) is 11.2 Å². The van der Waals surface area contributed by atoms with Gasteiger partial charge in [-0.05, 0) is 24.8 Å². The number of carbonyl (C=O) groups excluding carboxylic acids is 1. The third-order valence-corrected chi connectivity index (χ3v) is 5.13. The van der Waals surface area contributed by atoms with Gasteiger partial charge in [-0.1, -0.05) is 32.0 Å². The summed E-state index contributed by atoms with van der Waals surface area (Å²) in [6.07, 6.45) is 0.877. The fraction of sp³-hybridized carbons (Fsp3) is 0.400. The summed E-state index contributed by atoms with van der Waals surface area (Å²) in [5.74, 6) is -2.83. The van der Waals surface area contributed by atoms with Crippen LogP contribution < -0.4 is 5.73 Å². The van der Waals surface area contributed by atoms with E-state index in [1.807, 2.05) is 20.8 Å².